The third-order valence-corrected chi connectivity index (χ3v) is 3.88. The fraction of sp³-hybridized carbons (Fsp3) is 0.533. The molecule has 0 spiro atoms. The molecular formula is C15H21NO3. The van der Waals surface area contributed by atoms with Crippen LogP contribution in [0.15, 0.2) is 12.1 Å². The van der Waals surface area contributed by atoms with Crippen LogP contribution in [0.3, 0.4) is 0 Å². The number of rotatable bonds is 2. The van der Waals surface area contributed by atoms with Crippen molar-refractivity contribution in [3.63, 3.8) is 0 Å². The van der Waals surface area contributed by atoms with Crippen LogP contribution in [0.2, 0.25) is 0 Å². The van der Waals surface area contributed by atoms with E-state index < -0.39 is 6.09 Å². The maximum Gasteiger partial charge on any atom is 0.407 e. The number of hydrogen-bond acceptors (Lipinski definition) is 2. The predicted molar refractivity (Wildman–Crippen MR) is 73.5 cm³/mol. The summed E-state index contributed by atoms with van der Waals surface area (Å²) in [4.78, 5) is 12.9. The van der Waals surface area contributed by atoms with E-state index in [1.54, 1.807) is 6.07 Å². The third kappa shape index (κ3) is 2.53. The molecule has 1 aliphatic rings. The molecule has 1 amide bonds. The van der Waals surface area contributed by atoms with Gasteiger partial charge in [0.05, 0.1) is 6.04 Å². The van der Waals surface area contributed by atoms with Gasteiger partial charge in [-0.25, -0.2) is 4.79 Å². The van der Waals surface area contributed by atoms with Crippen LogP contribution in [0, 0.1) is 12.8 Å². The van der Waals surface area contributed by atoms with Gasteiger partial charge in [-0.05, 0) is 48.4 Å². The Bertz CT molecular complexity index is 496. The number of phenols is 1. The number of fused-ring (bicyclic) bond motifs is 1. The number of carbonyl (C=O) groups is 1. The van der Waals surface area contributed by atoms with Gasteiger partial charge in [0.25, 0.3) is 0 Å². The molecule has 0 aliphatic carbocycles. The number of carboxylic acid groups (broad SMARTS) is 1. The lowest BCUT2D eigenvalue weighted by atomic mass is 9.85. The molecule has 0 radical (unpaired) electrons. The zero-order valence-electron chi connectivity index (χ0n) is 11.7. The number of amides is 1. The Balaban J connectivity index is 2.46. The molecule has 1 atom stereocenters. The summed E-state index contributed by atoms with van der Waals surface area (Å²) in [6.07, 6.45) is 0.627. The highest BCUT2D eigenvalue weighted by Gasteiger charge is 2.32. The van der Waals surface area contributed by atoms with Crippen LogP contribution in [0.25, 0.3) is 0 Å². The van der Waals surface area contributed by atoms with Crippen molar-refractivity contribution in [3.05, 3.63) is 28.8 Å². The van der Waals surface area contributed by atoms with Gasteiger partial charge in [0.15, 0.2) is 0 Å². The highest BCUT2D eigenvalue weighted by Crippen LogP contribution is 2.38. The van der Waals surface area contributed by atoms with Gasteiger partial charge in [0.2, 0.25) is 0 Å². The molecule has 2 N–H and O–H groups in total. The standard InChI is InChI=1S/C15H21NO3/c1-9(2)8-13-12-4-5-14(17)10(3)11(12)6-7-16(13)15(18)19/h4-5,9,13,17H,6-8H2,1-3H3,(H,18,19). The zero-order chi connectivity index (χ0) is 14.2. The molecule has 0 saturated carbocycles. The Morgan fingerprint density at radius 2 is 2.16 bits per heavy atom. The van der Waals surface area contributed by atoms with Crippen molar-refractivity contribution < 1.29 is 15.0 Å². The zero-order valence-corrected chi connectivity index (χ0v) is 11.7. The Kier molecular flexibility index (Phi) is 3.69. The summed E-state index contributed by atoms with van der Waals surface area (Å²) in [5, 5.41) is 19.1. The highest BCUT2D eigenvalue weighted by molar-refractivity contribution is 5.67. The third-order valence-electron chi connectivity index (χ3n) is 3.88. The maximum atomic E-state index is 11.4. The molecule has 0 bridgehead atoms. The lowest BCUT2D eigenvalue weighted by molar-refractivity contribution is 0.112. The van der Waals surface area contributed by atoms with Gasteiger partial charge in [-0.3, -0.25) is 0 Å². The monoisotopic (exact) mass is 263 g/mol. The molecule has 1 heterocycles. The quantitative estimate of drug-likeness (QED) is 0.860. The number of hydrogen-bond donors (Lipinski definition) is 2. The van der Waals surface area contributed by atoms with Gasteiger partial charge in [0.1, 0.15) is 5.75 Å². The van der Waals surface area contributed by atoms with Crippen molar-refractivity contribution in [2.75, 3.05) is 6.54 Å². The van der Waals surface area contributed by atoms with Gasteiger partial charge >= 0.3 is 6.09 Å². The van der Waals surface area contributed by atoms with Crippen molar-refractivity contribution >= 4 is 6.09 Å². The Morgan fingerprint density at radius 1 is 1.47 bits per heavy atom. The van der Waals surface area contributed by atoms with E-state index in [9.17, 15) is 15.0 Å². The highest BCUT2D eigenvalue weighted by atomic mass is 16.4. The van der Waals surface area contributed by atoms with Crippen LogP contribution in [-0.4, -0.2) is 27.8 Å². The first-order valence-corrected chi connectivity index (χ1v) is 6.72. The average molecular weight is 263 g/mol. The minimum Gasteiger partial charge on any atom is -0.508 e. The van der Waals surface area contributed by atoms with Gasteiger partial charge in [-0.2, -0.15) is 0 Å². The van der Waals surface area contributed by atoms with E-state index in [0.717, 1.165) is 23.1 Å². The van der Waals surface area contributed by atoms with Crippen LogP contribution in [0.5, 0.6) is 5.75 Å². The van der Waals surface area contributed by atoms with E-state index >= 15 is 0 Å². The van der Waals surface area contributed by atoms with Crippen molar-refractivity contribution in [3.8, 4) is 5.75 Å². The topological polar surface area (TPSA) is 60.8 Å². The molecule has 2 rings (SSSR count). The van der Waals surface area contributed by atoms with E-state index in [-0.39, 0.29) is 6.04 Å². The first kappa shape index (κ1) is 13.7. The van der Waals surface area contributed by atoms with Gasteiger partial charge in [-0.15, -0.1) is 0 Å². The van der Waals surface area contributed by atoms with E-state index in [2.05, 4.69) is 13.8 Å². The van der Waals surface area contributed by atoms with E-state index in [1.807, 2.05) is 13.0 Å². The molecule has 1 aliphatic heterocycles. The summed E-state index contributed by atoms with van der Waals surface area (Å²) in [6, 6.07) is 3.45. The Morgan fingerprint density at radius 3 is 2.74 bits per heavy atom. The molecule has 1 aromatic carbocycles. The Hall–Kier alpha value is -1.71. The van der Waals surface area contributed by atoms with Crippen LogP contribution in [-0.2, 0) is 6.42 Å². The van der Waals surface area contributed by atoms with Crippen LogP contribution >= 0.6 is 0 Å². The van der Waals surface area contributed by atoms with Crippen molar-refractivity contribution in [1.82, 2.24) is 4.90 Å². The SMILES string of the molecule is Cc1c(O)ccc2c1CCN(C(=O)O)C2CC(C)C. The summed E-state index contributed by atoms with van der Waals surface area (Å²) in [5.41, 5.74) is 3.05. The summed E-state index contributed by atoms with van der Waals surface area (Å²) >= 11 is 0. The van der Waals surface area contributed by atoms with Crippen molar-refractivity contribution in [2.45, 2.75) is 39.7 Å². The lowest BCUT2D eigenvalue weighted by Crippen LogP contribution is -2.40. The first-order valence-electron chi connectivity index (χ1n) is 6.72. The fourth-order valence-electron chi connectivity index (χ4n) is 2.90. The number of nitrogens with zero attached hydrogens (tertiary/aromatic N) is 1. The van der Waals surface area contributed by atoms with Crippen molar-refractivity contribution in [1.29, 1.82) is 0 Å². The molecule has 104 valence electrons. The first-order chi connectivity index (χ1) is 8.91. The number of aromatic hydroxyl groups is 1. The van der Waals surface area contributed by atoms with Crippen LogP contribution < -0.4 is 0 Å². The number of benzene rings is 1. The predicted octanol–water partition coefficient (Wildman–Crippen LogP) is 3.32. The lowest BCUT2D eigenvalue weighted by Gasteiger charge is -2.37. The second-order valence-electron chi connectivity index (χ2n) is 5.65. The molecule has 1 unspecified atom stereocenters. The smallest absolute Gasteiger partial charge is 0.407 e. The summed E-state index contributed by atoms with van der Waals surface area (Å²) in [6.45, 7) is 6.60. The maximum absolute atomic E-state index is 11.4. The average Bonchev–Trinajstić information content (AvgIpc) is 2.33. The second-order valence-corrected chi connectivity index (χ2v) is 5.65. The van der Waals surface area contributed by atoms with Crippen molar-refractivity contribution in [2.24, 2.45) is 5.92 Å². The Labute approximate surface area is 113 Å². The van der Waals surface area contributed by atoms with E-state index in [0.29, 0.717) is 24.6 Å². The van der Waals surface area contributed by atoms with E-state index in [4.69, 9.17) is 0 Å². The molecule has 0 aromatic heterocycles. The minimum absolute atomic E-state index is 0.0967. The molecule has 1 aromatic rings. The molecule has 4 nitrogen and oxygen atoms in total. The normalized spacial score (nSPS) is 18.5. The summed E-state index contributed by atoms with van der Waals surface area (Å²) in [5.74, 6) is 0.720. The molecule has 0 fully saturated rings. The molecule has 19 heavy (non-hydrogen) atoms. The number of phenolic OH excluding ortho intramolecular Hbond substituents is 1. The van der Waals surface area contributed by atoms with Crippen LogP contribution in [0.4, 0.5) is 4.79 Å². The van der Waals surface area contributed by atoms with E-state index in [1.165, 1.54) is 4.90 Å². The van der Waals surface area contributed by atoms with Gasteiger partial charge in [-0.1, -0.05) is 19.9 Å². The minimum atomic E-state index is -0.859. The fourth-order valence-corrected chi connectivity index (χ4v) is 2.90. The summed E-state index contributed by atoms with van der Waals surface area (Å²) < 4.78 is 0. The van der Waals surface area contributed by atoms with Gasteiger partial charge < -0.3 is 15.1 Å². The summed E-state index contributed by atoms with van der Waals surface area (Å²) in [7, 11) is 0. The van der Waals surface area contributed by atoms with Crippen LogP contribution in [0.1, 0.15) is 43.0 Å². The largest absolute Gasteiger partial charge is 0.508 e. The molecule has 4 heteroatoms. The molecule has 0 saturated heterocycles. The second kappa shape index (κ2) is 5.11. The molecular weight excluding hydrogens is 242 g/mol. The van der Waals surface area contributed by atoms with Gasteiger partial charge in [0, 0.05) is 6.54 Å².